The fourth-order valence-electron chi connectivity index (χ4n) is 2.34. The van der Waals surface area contributed by atoms with Crippen LogP contribution >= 0.6 is 0 Å². The van der Waals surface area contributed by atoms with Crippen LogP contribution in [0.15, 0.2) is 0 Å². The van der Waals surface area contributed by atoms with Crippen LogP contribution in [0.25, 0.3) is 0 Å². The predicted molar refractivity (Wildman–Crippen MR) is 52.2 cm³/mol. The molecule has 0 aromatic heterocycles. The Morgan fingerprint density at radius 2 is 1.58 bits per heavy atom. The van der Waals surface area contributed by atoms with Gasteiger partial charge in [0.05, 0.1) is 0 Å². The van der Waals surface area contributed by atoms with E-state index in [0.29, 0.717) is 0 Å². The summed E-state index contributed by atoms with van der Waals surface area (Å²) in [4.78, 5) is 0. The monoisotopic (exact) mass is 167 g/mol. The van der Waals surface area contributed by atoms with Crippen molar-refractivity contribution in [2.24, 2.45) is 5.92 Å². The third kappa shape index (κ3) is 2.22. The first kappa shape index (κ1) is 8.55. The number of rotatable bonds is 3. The van der Waals surface area contributed by atoms with E-state index in [1.165, 1.54) is 57.9 Å². The van der Waals surface area contributed by atoms with Gasteiger partial charge in [0, 0.05) is 6.04 Å². The minimum Gasteiger partial charge on any atom is -0.314 e. The van der Waals surface area contributed by atoms with E-state index in [4.69, 9.17) is 0 Å². The molecular formula is C11H21N. The van der Waals surface area contributed by atoms with Gasteiger partial charge in [-0.1, -0.05) is 25.7 Å². The third-order valence-electron chi connectivity index (χ3n) is 3.53. The highest BCUT2D eigenvalue weighted by Crippen LogP contribution is 2.24. The maximum atomic E-state index is 3.69. The van der Waals surface area contributed by atoms with Crippen molar-refractivity contribution < 1.29 is 0 Å². The molecule has 12 heavy (non-hydrogen) atoms. The first-order chi connectivity index (χ1) is 5.95. The maximum absolute atomic E-state index is 3.69. The van der Waals surface area contributed by atoms with E-state index in [1.807, 2.05) is 0 Å². The molecule has 0 aliphatic heterocycles. The zero-order valence-corrected chi connectivity index (χ0v) is 8.02. The summed E-state index contributed by atoms with van der Waals surface area (Å²) in [5.41, 5.74) is 0. The Balaban J connectivity index is 1.58. The predicted octanol–water partition coefficient (Wildman–Crippen LogP) is 2.71. The molecule has 2 aliphatic carbocycles. The maximum Gasteiger partial charge on any atom is 0.00671 e. The van der Waals surface area contributed by atoms with Crippen LogP contribution in [0.5, 0.6) is 0 Å². The molecule has 0 heterocycles. The van der Waals surface area contributed by atoms with Crippen LogP contribution in [-0.2, 0) is 0 Å². The van der Waals surface area contributed by atoms with E-state index in [1.54, 1.807) is 0 Å². The summed E-state index contributed by atoms with van der Waals surface area (Å²) < 4.78 is 0. The highest BCUT2D eigenvalue weighted by Gasteiger charge is 2.19. The summed E-state index contributed by atoms with van der Waals surface area (Å²) in [6.07, 6.45) is 11.8. The zero-order chi connectivity index (χ0) is 8.23. The lowest BCUT2D eigenvalue weighted by atomic mass is 9.87. The molecule has 0 radical (unpaired) electrons. The minimum atomic E-state index is 0.895. The van der Waals surface area contributed by atoms with E-state index in [2.05, 4.69) is 5.32 Å². The van der Waals surface area contributed by atoms with Crippen molar-refractivity contribution in [2.75, 3.05) is 6.54 Å². The Bertz CT molecular complexity index is 123. The van der Waals surface area contributed by atoms with Crippen LogP contribution in [0, 0.1) is 5.92 Å². The topological polar surface area (TPSA) is 12.0 Å². The van der Waals surface area contributed by atoms with Crippen molar-refractivity contribution in [3.63, 3.8) is 0 Å². The van der Waals surface area contributed by atoms with E-state index < -0.39 is 0 Å². The van der Waals surface area contributed by atoms with Crippen LogP contribution in [0.1, 0.15) is 51.4 Å². The van der Waals surface area contributed by atoms with Crippen molar-refractivity contribution in [1.82, 2.24) is 5.32 Å². The Kier molecular flexibility index (Phi) is 3.04. The van der Waals surface area contributed by atoms with Crippen molar-refractivity contribution in [3.05, 3.63) is 0 Å². The molecule has 0 aromatic carbocycles. The van der Waals surface area contributed by atoms with Crippen LogP contribution in [0.2, 0.25) is 0 Å². The highest BCUT2D eigenvalue weighted by atomic mass is 14.9. The molecule has 0 saturated heterocycles. The molecule has 1 heteroatoms. The van der Waals surface area contributed by atoms with Gasteiger partial charge in [0.2, 0.25) is 0 Å². The molecule has 2 saturated carbocycles. The van der Waals surface area contributed by atoms with Gasteiger partial charge in [0.25, 0.3) is 0 Å². The molecule has 0 spiro atoms. The SMILES string of the molecule is C1CCC(CNC2CCC2)CC1. The van der Waals surface area contributed by atoms with E-state index >= 15 is 0 Å². The van der Waals surface area contributed by atoms with Crippen molar-refractivity contribution in [1.29, 1.82) is 0 Å². The van der Waals surface area contributed by atoms with Gasteiger partial charge < -0.3 is 5.32 Å². The fourth-order valence-corrected chi connectivity index (χ4v) is 2.34. The quantitative estimate of drug-likeness (QED) is 0.681. The molecule has 1 N–H and O–H groups in total. The summed E-state index contributed by atoms with van der Waals surface area (Å²) in [5, 5.41) is 3.69. The van der Waals surface area contributed by atoms with E-state index in [0.717, 1.165) is 12.0 Å². The van der Waals surface area contributed by atoms with Crippen molar-refractivity contribution >= 4 is 0 Å². The Morgan fingerprint density at radius 1 is 0.833 bits per heavy atom. The average Bonchev–Trinajstić information content (AvgIpc) is 2.04. The molecule has 2 aliphatic rings. The summed E-state index contributed by atoms with van der Waals surface area (Å²) >= 11 is 0. The first-order valence-corrected chi connectivity index (χ1v) is 5.68. The standard InChI is InChI=1S/C11H21N/c1-2-5-10(6-3-1)9-12-11-7-4-8-11/h10-12H,1-9H2. The van der Waals surface area contributed by atoms with Crippen molar-refractivity contribution in [2.45, 2.75) is 57.4 Å². The second kappa shape index (κ2) is 4.27. The Hall–Kier alpha value is -0.0400. The Labute approximate surface area is 75.9 Å². The summed E-state index contributed by atoms with van der Waals surface area (Å²) in [6.45, 7) is 1.31. The van der Waals surface area contributed by atoms with E-state index in [9.17, 15) is 0 Å². The minimum absolute atomic E-state index is 0.895. The largest absolute Gasteiger partial charge is 0.314 e. The molecule has 1 nitrogen and oxygen atoms in total. The zero-order valence-electron chi connectivity index (χ0n) is 8.02. The van der Waals surface area contributed by atoms with Gasteiger partial charge in [0.1, 0.15) is 0 Å². The molecular weight excluding hydrogens is 146 g/mol. The molecule has 0 aromatic rings. The molecule has 2 fully saturated rings. The lowest BCUT2D eigenvalue weighted by Gasteiger charge is -2.30. The lowest BCUT2D eigenvalue weighted by molar-refractivity contribution is 0.281. The first-order valence-electron chi connectivity index (χ1n) is 5.68. The smallest absolute Gasteiger partial charge is 0.00671 e. The van der Waals surface area contributed by atoms with Gasteiger partial charge in [-0.3, -0.25) is 0 Å². The van der Waals surface area contributed by atoms with Gasteiger partial charge in [-0.15, -0.1) is 0 Å². The van der Waals surface area contributed by atoms with Gasteiger partial charge in [0.15, 0.2) is 0 Å². The molecule has 2 rings (SSSR count). The van der Waals surface area contributed by atoms with Crippen LogP contribution in [0.3, 0.4) is 0 Å². The van der Waals surface area contributed by atoms with Crippen LogP contribution in [-0.4, -0.2) is 12.6 Å². The molecule has 0 amide bonds. The molecule has 0 atom stereocenters. The number of hydrogen-bond donors (Lipinski definition) is 1. The normalized spacial score (nSPS) is 27.0. The number of nitrogens with one attached hydrogen (secondary N) is 1. The number of hydrogen-bond acceptors (Lipinski definition) is 1. The van der Waals surface area contributed by atoms with E-state index in [-0.39, 0.29) is 0 Å². The van der Waals surface area contributed by atoms with Crippen LogP contribution < -0.4 is 5.32 Å². The van der Waals surface area contributed by atoms with Crippen LogP contribution in [0.4, 0.5) is 0 Å². The molecule has 70 valence electrons. The molecule has 0 bridgehead atoms. The second-order valence-electron chi connectivity index (χ2n) is 4.54. The molecule has 0 unspecified atom stereocenters. The summed E-state index contributed by atoms with van der Waals surface area (Å²) in [6, 6.07) is 0.895. The van der Waals surface area contributed by atoms with Crippen molar-refractivity contribution in [3.8, 4) is 0 Å². The van der Waals surface area contributed by atoms with Gasteiger partial charge in [-0.2, -0.15) is 0 Å². The highest BCUT2D eigenvalue weighted by molar-refractivity contribution is 4.78. The van der Waals surface area contributed by atoms with Gasteiger partial charge in [-0.25, -0.2) is 0 Å². The second-order valence-corrected chi connectivity index (χ2v) is 4.54. The summed E-state index contributed by atoms with van der Waals surface area (Å²) in [7, 11) is 0. The Morgan fingerprint density at radius 3 is 2.17 bits per heavy atom. The third-order valence-corrected chi connectivity index (χ3v) is 3.53. The fraction of sp³-hybridized carbons (Fsp3) is 1.00. The van der Waals surface area contributed by atoms with Gasteiger partial charge >= 0.3 is 0 Å². The van der Waals surface area contributed by atoms with Gasteiger partial charge in [-0.05, 0) is 38.1 Å². The summed E-state index contributed by atoms with van der Waals surface area (Å²) in [5.74, 6) is 1.01. The average molecular weight is 167 g/mol. The lowest BCUT2D eigenvalue weighted by Crippen LogP contribution is -2.38.